The molecule has 72 valence electrons. The second-order valence-electron chi connectivity index (χ2n) is 4.16. The summed E-state index contributed by atoms with van der Waals surface area (Å²) in [4.78, 5) is 0. The van der Waals surface area contributed by atoms with Gasteiger partial charge in [-0.1, -0.05) is 55.0 Å². The van der Waals surface area contributed by atoms with Crippen LogP contribution in [0.25, 0.3) is 5.57 Å². The maximum atomic E-state index is 2.36. The van der Waals surface area contributed by atoms with E-state index in [1.54, 1.807) is 0 Å². The Labute approximate surface area is 86.0 Å². The third kappa shape index (κ3) is 1.95. The van der Waals surface area contributed by atoms with Crippen molar-refractivity contribution in [3.05, 3.63) is 53.6 Å². The summed E-state index contributed by atoms with van der Waals surface area (Å²) < 4.78 is 0. The maximum absolute atomic E-state index is 2.36. The number of benzene rings is 1. The second kappa shape index (κ2) is 3.83. The first-order chi connectivity index (χ1) is 6.75. The van der Waals surface area contributed by atoms with Gasteiger partial charge in [-0.25, -0.2) is 0 Å². The van der Waals surface area contributed by atoms with Crippen molar-refractivity contribution in [2.75, 3.05) is 0 Å². The molecule has 2 rings (SSSR count). The number of rotatable bonds is 1. The summed E-state index contributed by atoms with van der Waals surface area (Å²) in [6.07, 6.45) is 5.87. The molecule has 1 aliphatic rings. The molecular formula is C14H16. The lowest BCUT2D eigenvalue weighted by Crippen LogP contribution is -1.98. The molecule has 1 aromatic carbocycles. The van der Waals surface area contributed by atoms with E-state index in [9.17, 15) is 0 Å². The van der Waals surface area contributed by atoms with Crippen LogP contribution in [0.2, 0.25) is 0 Å². The van der Waals surface area contributed by atoms with Crippen LogP contribution in [0.15, 0.2) is 48.1 Å². The van der Waals surface area contributed by atoms with Gasteiger partial charge < -0.3 is 0 Å². The van der Waals surface area contributed by atoms with Crippen molar-refractivity contribution >= 4 is 5.57 Å². The van der Waals surface area contributed by atoms with Crippen molar-refractivity contribution in [2.45, 2.75) is 20.3 Å². The largest absolute Gasteiger partial charge is 0.0735 e. The Morgan fingerprint density at radius 3 is 2.50 bits per heavy atom. The van der Waals surface area contributed by atoms with Gasteiger partial charge in [0.15, 0.2) is 0 Å². The number of allylic oxidation sites excluding steroid dienone is 4. The molecule has 1 unspecified atom stereocenters. The first kappa shape index (κ1) is 9.26. The Morgan fingerprint density at radius 2 is 1.86 bits per heavy atom. The molecule has 0 bridgehead atoms. The van der Waals surface area contributed by atoms with Crippen LogP contribution < -0.4 is 0 Å². The maximum Gasteiger partial charge on any atom is -0.0187 e. The SMILES string of the molecule is CC1=CC(c2ccccc2)=CC(C)C1. The van der Waals surface area contributed by atoms with Gasteiger partial charge in [0.1, 0.15) is 0 Å². The van der Waals surface area contributed by atoms with Crippen LogP contribution in [-0.4, -0.2) is 0 Å². The van der Waals surface area contributed by atoms with Gasteiger partial charge in [-0.2, -0.15) is 0 Å². The summed E-state index contributed by atoms with van der Waals surface area (Å²) in [5, 5.41) is 0. The molecule has 0 aromatic heterocycles. The highest BCUT2D eigenvalue weighted by molar-refractivity contribution is 5.75. The van der Waals surface area contributed by atoms with Crippen molar-refractivity contribution in [3.63, 3.8) is 0 Å². The Hall–Kier alpha value is -1.30. The molecule has 0 radical (unpaired) electrons. The predicted molar refractivity (Wildman–Crippen MR) is 62.0 cm³/mol. The lowest BCUT2D eigenvalue weighted by molar-refractivity contribution is 0.710. The van der Waals surface area contributed by atoms with Crippen LogP contribution in [0.3, 0.4) is 0 Å². The van der Waals surface area contributed by atoms with Crippen molar-refractivity contribution in [1.82, 2.24) is 0 Å². The topological polar surface area (TPSA) is 0 Å². The normalized spacial score (nSPS) is 21.4. The smallest absolute Gasteiger partial charge is 0.0187 e. The van der Waals surface area contributed by atoms with Crippen LogP contribution >= 0.6 is 0 Å². The van der Waals surface area contributed by atoms with Gasteiger partial charge in [0.05, 0.1) is 0 Å². The monoisotopic (exact) mass is 184 g/mol. The summed E-state index contributed by atoms with van der Waals surface area (Å²) in [6, 6.07) is 10.6. The zero-order valence-electron chi connectivity index (χ0n) is 8.83. The summed E-state index contributed by atoms with van der Waals surface area (Å²) >= 11 is 0. The molecule has 0 heterocycles. The Morgan fingerprint density at radius 1 is 1.14 bits per heavy atom. The van der Waals surface area contributed by atoms with Gasteiger partial charge in [-0.3, -0.25) is 0 Å². The van der Waals surface area contributed by atoms with Gasteiger partial charge >= 0.3 is 0 Å². The highest BCUT2D eigenvalue weighted by Crippen LogP contribution is 2.27. The lowest BCUT2D eigenvalue weighted by atomic mass is 9.89. The first-order valence-corrected chi connectivity index (χ1v) is 5.20. The van der Waals surface area contributed by atoms with Crippen molar-refractivity contribution < 1.29 is 0 Å². The van der Waals surface area contributed by atoms with E-state index in [1.807, 2.05) is 0 Å². The molecule has 0 heteroatoms. The summed E-state index contributed by atoms with van der Waals surface area (Å²) in [6.45, 7) is 4.49. The van der Waals surface area contributed by atoms with Crippen LogP contribution in [-0.2, 0) is 0 Å². The Bertz CT molecular complexity index is 368. The summed E-state index contributed by atoms with van der Waals surface area (Å²) in [7, 11) is 0. The van der Waals surface area contributed by atoms with E-state index in [0.29, 0.717) is 5.92 Å². The second-order valence-corrected chi connectivity index (χ2v) is 4.16. The van der Waals surface area contributed by atoms with Crippen LogP contribution in [0.5, 0.6) is 0 Å². The molecule has 0 fully saturated rings. The van der Waals surface area contributed by atoms with Gasteiger partial charge in [0.25, 0.3) is 0 Å². The first-order valence-electron chi connectivity index (χ1n) is 5.20. The molecule has 0 aliphatic heterocycles. The predicted octanol–water partition coefficient (Wildman–Crippen LogP) is 4.06. The Balaban J connectivity index is 2.36. The fourth-order valence-corrected chi connectivity index (χ4v) is 2.06. The number of hydrogen-bond acceptors (Lipinski definition) is 0. The van der Waals surface area contributed by atoms with Crippen LogP contribution in [0.1, 0.15) is 25.8 Å². The molecule has 0 amide bonds. The zero-order chi connectivity index (χ0) is 9.97. The zero-order valence-corrected chi connectivity index (χ0v) is 8.83. The Kier molecular flexibility index (Phi) is 2.53. The van der Waals surface area contributed by atoms with E-state index in [1.165, 1.54) is 23.1 Å². The van der Waals surface area contributed by atoms with Crippen LogP contribution in [0.4, 0.5) is 0 Å². The van der Waals surface area contributed by atoms with E-state index >= 15 is 0 Å². The third-order valence-corrected chi connectivity index (χ3v) is 2.62. The lowest BCUT2D eigenvalue weighted by Gasteiger charge is -2.16. The fraction of sp³-hybridized carbons (Fsp3) is 0.286. The quantitative estimate of drug-likeness (QED) is 0.617. The minimum Gasteiger partial charge on any atom is -0.0735 e. The van der Waals surface area contributed by atoms with Gasteiger partial charge in [-0.05, 0) is 30.4 Å². The molecule has 0 spiro atoms. The van der Waals surface area contributed by atoms with E-state index in [4.69, 9.17) is 0 Å². The van der Waals surface area contributed by atoms with Gasteiger partial charge in [0, 0.05) is 0 Å². The summed E-state index contributed by atoms with van der Waals surface area (Å²) in [5.74, 6) is 0.676. The molecule has 0 saturated carbocycles. The van der Waals surface area contributed by atoms with E-state index < -0.39 is 0 Å². The fourth-order valence-electron chi connectivity index (χ4n) is 2.06. The molecule has 0 saturated heterocycles. The van der Waals surface area contributed by atoms with E-state index in [-0.39, 0.29) is 0 Å². The van der Waals surface area contributed by atoms with Crippen molar-refractivity contribution in [3.8, 4) is 0 Å². The molecule has 1 atom stereocenters. The molecule has 14 heavy (non-hydrogen) atoms. The summed E-state index contributed by atoms with van der Waals surface area (Å²) in [5.41, 5.74) is 4.19. The average molecular weight is 184 g/mol. The van der Waals surface area contributed by atoms with Crippen molar-refractivity contribution in [1.29, 1.82) is 0 Å². The highest BCUT2D eigenvalue weighted by atomic mass is 14.1. The molecule has 1 aliphatic carbocycles. The third-order valence-electron chi connectivity index (χ3n) is 2.62. The molecule has 1 aromatic rings. The van der Waals surface area contributed by atoms with Gasteiger partial charge in [0.2, 0.25) is 0 Å². The molecule has 0 N–H and O–H groups in total. The van der Waals surface area contributed by atoms with E-state index in [2.05, 4.69) is 56.3 Å². The highest BCUT2D eigenvalue weighted by Gasteiger charge is 2.09. The minimum atomic E-state index is 0.676. The molecular weight excluding hydrogens is 168 g/mol. The minimum absolute atomic E-state index is 0.676. The van der Waals surface area contributed by atoms with Gasteiger partial charge in [-0.15, -0.1) is 0 Å². The number of hydrogen-bond donors (Lipinski definition) is 0. The average Bonchev–Trinajstić information content (AvgIpc) is 2.18. The standard InChI is InChI=1S/C14H16/c1-11-8-12(2)10-14(9-11)13-6-4-3-5-7-13/h3-7,9-11H,8H2,1-2H3. The molecule has 0 nitrogen and oxygen atoms in total. The van der Waals surface area contributed by atoms with Crippen LogP contribution in [0, 0.1) is 5.92 Å². The van der Waals surface area contributed by atoms with E-state index in [0.717, 1.165) is 0 Å². The van der Waals surface area contributed by atoms with Crippen molar-refractivity contribution in [2.24, 2.45) is 5.92 Å².